The molecular weight excluding hydrogens is 374 g/mol. The molecule has 0 saturated heterocycles. The number of benzene rings is 2. The number of H-pyrrole nitrogens is 1. The first-order valence-corrected chi connectivity index (χ1v) is 8.65. The van der Waals surface area contributed by atoms with Crippen LogP contribution in [0.25, 0.3) is 10.9 Å². The molecule has 0 spiro atoms. The Labute approximate surface area is 159 Å². The van der Waals surface area contributed by atoms with E-state index in [1.165, 1.54) is 11.7 Å². The lowest BCUT2D eigenvalue weighted by atomic mass is 10.1. The number of hydrogen-bond acceptors (Lipinski definition) is 4. The van der Waals surface area contributed by atoms with Crippen LogP contribution in [0.3, 0.4) is 0 Å². The van der Waals surface area contributed by atoms with Gasteiger partial charge in [-0.15, -0.1) is 0 Å². The van der Waals surface area contributed by atoms with E-state index in [1.54, 1.807) is 36.4 Å². The largest absolute Gasteiger partial charge is 0.495 e. The number of methoxy groups -OCH3 is 1. The van der Waals surface area contributed by atoms with Gasteiger partial charge >= 0.3 is 0 Å². The lowest BCUT2D eigenvalue weighted by Crippen LogP contribution is -2.21. The first-order valence-electron chi connectivity index (χ1n) is 7.86. The molecule has 0 saturated carbocycles. The molecule has 2 aromatic carbocycles. The lowest BCUT2D eigenvalue weighted by molar-refractivity contribution is 0.102. The van der Waals surface area contributed by atoms with Crippen LogP contribution in [0.1, 0.15) is 17.3 Å². The fourth-order valence-electron chi connectivity index (χ4n) is 2.66. The van der Waals surface area contributed by atoms with Crippen molar-refractivity contribution in [3.05, 3.63) is 62.1 Å². The molecule has 134 valence electrons. The smallest absolute Gasteiger partial charge is 0.262 e. The summed E-state index contributed by atoms with van der Waals surface area (Å²) in [6, 6.07) is 9.74. The predicted molar refractivity (Wildman–Crippen MR) is 105 cm³/mol. The maximum atomic E-state index is 12.6. The van der Waals surface area contributed by atoms with Gasteiger partial charge in [0.25, 0.3) is 11.5 Å². The van der Waals surface area contributed by atoms with Gasteiger partial charge in [-0.25, -0.2) is 0 Å². The van der Waals surface area contributed by atoms with Crippen molar-refractivity contribution in [1.29, 1.82) is 0 Å². The highest BCUT2D eigenvalue weighted by Gasteiger charge is 2.13. The van der Waals surface area contributed by atoms with Crippen molar-refractivity contribution in [1.82, 2.24) is 9.55 Å². The van der Waals surface area contributed by atoms with Gasteiger partial charge in [0, 0.05) is 17.1 Å². The topological polar surface area (TPSA) is 76.1 Å². The van der Waals surface area contributed by atoms with Crippen LogP contribution in [-0.4, -0.2) is 22.6 Å². The first-order chi connectivity index (χ1) is 12.4. The van der Waals surface area contributed by atoms with Crippen LogP contribution in [0.2, 0.25) is 5.02 Å². The number of halogens is 1. The van der Waals surface area contributed by atoms with Crippen molar-refractivity contribution in [2.45, 2.75) is 13.5 Å². The van der Waals surface area contributed by atoms with Crippen molar-refractivity contribution in [3.63, 3.8) is 0 Å². The van der Waals surface area contributed by atoms with Gasteiger partial charge in [0.1, 0.15) is 5.75 Å². The quantitative estimate of drug-likeness (QED) is 0.661. The molecule has 0 aliphatic carbocycles. The second-order valence-electron chi connectivity index (χ2n) is 5.54. The Bertz CT molecular complexity index is 1120. The molecular formula is C18H16ClN3O3S. The van der Waals surface area contributed by atoms with E-state index in [0.29, 0.717) is 44.2 Å². The predicted octanol–water partition coefficient (Wildman–Crippen LogP) is 3.99. The van der Waals surface area contributed by atoms with Gasteiger partial charge in [0.05, 0.1) is 23.7 Å². The molecule has 0 atom stereocenters. The van der Waals surface area contributed by atoms with Crippen molar-refractivity contribution >= 4 is 46.3 Å². The Morgan fingerprint density at radius 1 is 1.31 bits per heavy atom. The fourth-order valence-corrected chi connectivity index (χ4v) is 3.15. The number of aromatic nitrogens is 2. The van der Waals surface area contributed by atoms with Crippen LogP contribution >= 0.6 is 23.8 Å². The Morgan fingerprint density at radius 3 is 2.77 bits per heavy atom. The van der Waals surface area contributed by atoms with Gasteiger partial charge in [-0.2, -0.15) is 0 Å². The zero-order valence-corrected chi connectivity index (χ0v) is 15.7. The third kappa shape index (κ3) is 3.36. The molecule has 0 aliphatic rings. The fraction of sp³-hybridized carbons (Fsp3) is 0.167. The van der Waals surface area contributed by atoms with Crippen LogP contribution < -0.4 is 15.6 Å². The highest BCUT2D eigenvalue weighted by atomic mass is 35.5. The molecule has 3 rings (SSSR count). The molecule has 1 amide bonds. The number of nitrogens with zero attached hydrogens (tertiary/aromatic N) is 1. The molecule has 1 heterocycles. The minimum Gasteiger partial charge on any atom is -0.495 e. The van der Waals surface area contributed by atoms with Crippen molar-refractivity contribution in [2.24, 2.45) is 0 Å². The average molecular weight is 390 g/mol. The summed E-state index contributed by atoms with van der Waals surface area (Å²) >= 11 is 11.2. The maximum absolute atomic E-state index is 12.6. The van der Waals surface area contributed by atoms with Gasteiger partial charge < -0.3 is 15.0 Å². The minimum atomic E-state index is -0.355. The lowest BCUT2D eigenvalue weighted by Gasteiger charge is -2.11. The molecule has 26 heavy (non-hydrogen) atoms. The van der Waals surface area contributed by atoms with Crippen LogP contribution in [0.4, 0.5) is 5.69 Å². The number of ether oxygens (including phenoxy) is 1. The number of carbonyl (C=O) groups is 1. The second-order valence-corrected chi connectivity index (χ2v) is 6.36. The molecule has 1 aromatic heterocycles. The average Bonchev–Trinajstić information content (AvgIpc) is 2.61. The standard InChI is InChI=1S/C18H16ClN3O3S/c1-3-22-17(24)12-6-4-10(8-13(12)21-18(22)26)16(23)20-14-9-11(19)5-7-15(14)25-2/h4-9H,3H2,1-2H3,(H,20,23)(H,21,26). The van der Waals surface area contributed by atoms with Crippen LogP contribution in [-0.2, 0) is 6.54 Å². The zero-order chi connectivity index (χ0) is 18.8. The van der Waals surface area contributed by atoms with Crippen molar-refractivity contribution in [2.75, 3.05) is 12.4 Å². The number of aromatic amines is 1. The highest BCUT2D eigenvalue weighted by molar-refractivity contribution is 7.71. The monoisotopic (exact) mass is 389 g/mol. The van der Waals surface area contributed by atoms with Gasteiger partial charge in [-0.3, -0.25) is 14.2 Å². The molecule has 0 aliphatic heterocycles. The van der Waals surface area contributed by atoms with Gasteiger partial charge in [0.2, 0.25) is 0 Å². The Hall–Kier alpha value is -2.64. The van der Waals surface area contributed by atoms with E-state index >= 15 is 0 Å². The van der Waals surface area contributed by atoms with Crippen LogP contribution in [0.5, 0.6) is 5.75 Å². The molecule has 8 heteroatoms. The zero-order valence-electron chi connectivity index (χ0n) is 14.1. The maximum Gasteiger partial charge on any atom is 0.262 e. The summed E-state index contributed by atoms with van der Waals surface area (Å²) in [7, 11) is 1.51. The number of carbonyl (C=O) groups excluding carboxylic acids is 1. The first kappa shape index (κ1) is 18.2. The minimum absolute atomic E-state index is 0.185. The normalized spacial score (nSPS) is 10.7. The number of nitrogens with one attached hydrogen (secondary N) is 2. The van der Waals surface area contributed by atoms with E-state index in [2.05, 4.69) is 10.3 Å². The summed E-state index contributed by atoms with van der Waals surface area (Å²) in [5, 5.41) is 3.71. The molecule has 2 N–H and O–H groups in total. The molecule has 0 radical (unpaired) electrons. The molecule has 0 fully saturated rings. The van der Waals surface area contributed by atoms with Crippen LogP contribution in [0, 0.1) is 4.77 Å². The Kier molecular flexibility index (Phi) is 5.11. The number of anilines is 1. The summed E-state index contributed by atoms with van der Waals surface area (Å²) in [6.45, 7) is 2.32. The number of hydrogen-bond donors (Lipinski definition) is 2. The Morgan fingerprint density at radius 2 is 2.08 bits per heavy atom. The molecule has 6 nitrogen and oxygen atoms in total. The van der Waals surface area contributed by atoms with E-state index in [9.17, 15) is 9.59 Å². The summed E-state index contributed by atoms with van der Waals surface area (Å²) < 4.78 is 7.01. The molecule has 0 bridgehead atoms. The van der Waals surface area contributed by atoms with E-state index < -0.39 is 0 Å². The number of fused-ring (bicyclic) bond motifs is 1. The van der Waals surface area contributed by atoms with Crippen LogP contribution in [0.15, 0.2) is 41.2 Å². The van der Waals surface area contributed by atoms with Crippen molar-refractivity contribution < 1.29 is 9.53 Å². The molecule has 0 unspecified atom stereocenters. The van der Waals surface area contributed by atoms with Crippen molar-refractivity contribution in [3.8, 4) is 5.75 Å². The third-order valence-electron chi connectivity index (χ3n) is 3.97. The van der Waals surface area contributed by atoms with Gasteiger partial charge in [-0.1, -0.05) is 11.6 Å². The summed E-state index contributed by atoms with van der Waals surface area (Å²) in [5.74, 6) is 0.139. The van der Waals surface area contributed by atoms with E-state index in [0.717, 1.165) is 0 Å². The van der Waals surface area contributed by atoms with Gasteiger partial charge in [0.15, 0.2) is 4.77 Å². The van der Waals surface area contributed by atoms with E-state index in [4.69, 9.17) is 28.6 Å². The third-order valence-corrected chi connectivity index (χ3v) is 4.53. The molecule has 3 aromatic rings. The SMILES string of the molecule is CCn1c(=S)[nH]c2cc(C(=O)Nc3cc(Cl)ccc3OC)ccc2c1=O. The van der Waals surface area contributed by atoms with E-state index in [-0.39, 0.29) is 11.5 Å². The highest BCUT2D eigenvalue weighted by Crippen LogP contribution is 2.28. The summed E-state index contributed by atoms with van der Waals surface area (Å²) in [5.41, 5.74) is 1.16. The van der Waals surface area contributed by atoms with Gasteiger partial charge in [-0.05, 0) is 55.5 Å². The summed E-state index contributed by atoms with van der Waals surface area (Å²) in [4.78, 5) is 28.0. The Balaban J connectivity index is 2.01. The number of amides is 1. The summed E-state index contributed by atoms with van der Waals surface area (Å²) in [6.07, 6.45) is 0. The van der Waals surface area contributed by atoms with E-state index in [1.807, 2.05) is 6.92 Å². The second kappa shape index (κ2) is 7.31. The number of rotatable bonds is 4.